The number of ether oxygens (including phenoxy) is 1. The highest BCUT2D eigenvalue weighted by atomic mass is 16.5. The summed E-state index contributed by atoms with van der Waals surface area (Å²) in [7, 11) is 1.67. The van der Waals surface area contributed by atoms with E-state index in [0.29, 0.717) is 6.04 Å². The fourth-order valence-corrected chi connectivity index (χ4v) is 3.93. The number of fused-ring (bicyclic) bond motifs is 1. The standard InChI is InChI=1S/C21H25N3O2/c1-26-20-6-2-4-17(14-20)16-7-9-18(10-8-16)22-21(25)24-13-12-23-11-3-5-19(23)15-24/h2,4,6-10,14,19H,3,5,11-13,15H2,1H3,(H,22,25). The molecule has 26 heavy (non-hydrogen) atoms. The van der Waals surface area contributed by atoms with Gasteiger partial charge in [0.1, 0.15) is 5.75 Å². The van der Waals surface area contributed by atoms with Crippen molar-refractivity contribution in [2.45, 2.75) is 18.9 Å². The predicted molar refractivity (Wildman–Crippen MR) is 104 cm³/mol. The van der Waals surface area contributed by atoms with Gasteiger partial charge in [-0.25, -0.2) is 4.79 Å². The highest BCUT2D eigenvalue weighted by molar-refractivity contribution is 5.89. The molecule has 2 heterocycles. The Morgan fingerprint density at radius 1 is 1.08 bits per heavy atom. The van der Waals surface area contributed by atoms with Gasteiger partial charge >= 0.3 is 6.03 Å². The van der Waals surface area contributed by atoms with E-state index in [2.05, 4.69) is 16.3 Å². The molecular formula is C21H25N3O2. The molecule has 0 bridgehead atoms. The van der Waals surface area contributed by atoms with E-state index in [1.165, 1.54) is 19.4 Å². The minimum Gasteiger partial charge on any atom is -0.497 e. The Balaban J connectivity index is 1.40. The van der Waals surface area contributed by atoms with Crippen molar-refractivity contribution in [3.8, 4) is 16.9 Å². The second-order valence-corrected chi connectivity index (χ2v) is 7.02. The van der Waals surface area contributed by atoms with Gasteiger partial charge in [-0.1, -0.05) is 24.3 Å². The summed E-state index contributed by atoms with van der Waals surface area (Å²) in [5.41, 5.74) is 3.02. The summed E-state index contributed by atoms with van der Waals surface area (Å²) in [6.45, 7) is 3.83. The first-order chi connectivity index (χ1) is 12.7. The fourth-order valence-electron chi connectivity index (χ4n) is 3.93. The Hall–Kier alpha value is -2.53. The first-order valence-corrected chi connectivity index (χ1v) is 9.27. The SMILES string of the molecule is COc1cccc(-c2ccc(NC(=O)N3CCN4CCCC4C3)cc2)c1. The molecule has 1 N–H and O–H groups in total. The molecule has 2 amide bonds. The Morgan fingerprint density at radius 2 is 1.92 bits per heavy atom. The highest BCUT2D eigenvalue weighted by Gasteiger charge is 2.32. The highest BCUT2D eigenvalue weighted by Crippen LogP contribution is 2.26. The molecule has 2 aromatic rings. The lowest BCUT2D eigenvalue weighted by Crippen LogP contribution is -2.53. The number of benzene rings is 2. The van der Waals surface area contributed by atoms with Gasteiger partial charge in [0.2, 0.25) is 0 Å². The van der Waals surface area contributed by atoms with Crippen LogP contribution in [0.2, 0.25) is 0 Å². The van der Waals surface area contributed by atoms with Crippen LogP contribution in [0.1, 0.15) is 12.8 Å². The van der Waals surface area contributed by atoms with E-state index >= 15 is 0 Å². The molecule has 2 fully saturated rings. The summed E-state index contributed by atoms with van der Waals surface area (Å²) in [5.74, 6) is 0.839. The molecule has 5 nitrogen and oxygen atoms in total. The average Bonchev–Trinajstić information content (AvgIpc) is 3.16. The number of amides is 2. The fraction of sp³-hybridized carbons (Fsp3) is 0.381. The van der Waals surface area contributed by atoms with Gasteiger partial charge in [-0.2, -0.15) is 0 Å². The molecule has 1 atom stereocenters. The van der Waals surface area contributed by atoms with Gasteiger partial charge in [0.15, 0.2) is 0 Å². The van der Waals surface area contributed by atoms with Crippen LogP contribution in [0.3, 0.4) is 0 Å². The van der Waals surface area contributed by atoms with Gasteiger partial charge in [0, 0.05) is 31.4 Å². The number of carbonyl (C=O) groups is 1. The molecule has 2 aromatic carbocycles. The molecule has 0 saturated carbocycles. The van der Waals surface area contributed by atoms with Crippen molar-refractivity contribution < 1.29 is 9.53 Å². The summed E-state index contributed by atoms with van der Waals surface area (Å²) >= 11 is 0. The zero-order chi connectivity index (χ0) is 17.9. The molecule has 0 aromatic heterocycles. The van der Waals surface area contributed by atoms with Crippen LogP contribution in [0.5, 0.6) is 5.75 Å². The number of hydrogen-bond donors (Lipinski definition) is 1. The Bertz CT molecular complexity index is 775. The second-order valence-electron chi connectivity index (χ2n) is 7.02. The van der Waals surface area contributed by atoms with Crippen molar-refractivity contribution in [1.82, 2.24) is 9.80 Å². The monoisotopic (exact) mass is 351 g/mol. The third-order valence-electron chi connectivity index (χ3n) is 5.41. The summed E-state index contributed by atoms with van der Waals surface area (Å²) < 4.78 is 5.28. The first-order valence-electron chi connectivity index (χ1n) is 9.27. The largest absolute Gasteiger partial charge is 0.497 e. The number of nitrogens with zero attached hydrogens (tertiary/aromatic N) is 2. The summed E-state index contributed by atoms with van der Waals surface area (Å²) in [4.78, 5) is 17.0. The normalized spacial score (nSPS) is 19.9. The molecular weight excluding hydrogens is 326 g/mol. The maximum Gasteiger partial charge on any atom is 0.321 e. The zero-order valence-corrected chi connectivity index (χ0v) is 15.1. The van der Waals surface area contributed by atoms with Crippen LogP contribution in [-0.2, 0) is 0 Å². The molecule has 0 spiro atoms. The van der Waals surface area contributed by atoms with Gasteiger partial charge in [0.05, 0.1) is 7.11 Å². The van der Waals surface area contributed by atoms with E-state index in [4.69, 9.17) is 4.74 Å². The topological polar surface area (TPSA) is 44.8 Å². The molecule has 2 saturated heterocycles. The van der Waals surface area contributed by atoms with Crippen LogP contribution in [0.25, 0.3) is 11.1 Å². The maximum absolute atomic E-state index is 12.6. The minimum absolute atomic E-state index is 0.00526. The van der Waals surface area contributed by atoms with E-state index < -0.39 is 0 Å². The van der Waals surface area contributed by atoms with Crippen LogP contribution in [0, 0.1) is 0 Å². The molecule has 0 aliphatic carbocycles. The van der Waals surface area contributed by atoms with Gasteiger partial charge in [0.25, 0.3) is 0 Å². The number of nitrogens with one attached hydrogen (secondary N) is 1. The maximum atomic E-state index is 12.6. The molecule has 2 aliphatic rings. The van der Waals surface area contributed by atoms with Crippen LogP contribution in [0.15, 0.2) is 48.5 Å². The van der Waals surface area contributed by atoms with Crippen molar-refractivity contribution in [2.75, 3.05) is 38.6 Å². The van der Waals surface area contributed by atoms with Crippen molar-refractivity contribution in [3.05, 3.63) is 48.5 Å². The van der Waals surface area contributed by atoms with Gasteiger partial charge < -0.3 is 15.0 Å². The van der Waals surface area contributed by atoms with Gasteiger partial charge in [-0.3, -0.25) is 4.90 Å². The van der Waals surface area contributed by atoms with Crippen molar-refractivity contribution >= 4 is 11.7 Å². The van der Waals surface area contributed by atoms with E-state index in [0.717, 1.165) is 42.2 Å². The van der Waals surface area contributed by atoms with Crippen molar-refractivity contribution in [3.63, 3.8) is 0 Å². The third-order valence-corrected chi connectivity index (χ3v) is 5.41. The quantitative estimate of drug-likeness (QED) is 0.918. The summed E-state index contributed by atoms with van der Waals surface area (Å²) in [6.07, 6.45) is 2.46. The number of methoxy groups -OCH3 is 1. The van der Waals surface area contributed by atoms with E-state index in [1.807, 2.05) is 47.4 Å². The smallest absolute Gasteiger partial charge is 0.321 e. The molecule has 1 unspecified atom stereocenters. The molecule has 2 aliphatic heterocycles. The zero-order valence-electron chi connectivity index (χ0n) is 15.1. The van der Waals surface area contributed by atoms with Crippen molar-refractivity contribution in [2.24, 2.45) is 0 Å². The Labute approximate surface area is 154 Å². The van der Waals surface area contributed by atoms with Crippen LogP contribution >= 0.6 is 0 Å². The van der Waals surface area contributed by atoms with Crippen molar-refractivity contribution in [1.29, 1.82) is 0 Å². The molecule has 136 valence electrons. The van der Waals surface area contributed by atoms with Crippen LogP contribution in [-0.4, -0.2) is 55.2 Å². The number of urea groups is 1. The van der Waals surface area contributed by atoms with Crippen LogP contribution in [0.4, 0.5) is 10.5 Å². The number of hydrogen-bond acceptors (Lipinski definition) is 3. The Kier molecular flexibility index (Phi) is 4.80. The number of rotatable bonds is 3. The minimum atomic E-state index is 0.00526. The number of carbonyl (C=O) groups excluding carboxylic acids is 1. The lowest BCUT2D eigenvalue weighted by atomic mass is 10.1. The molecule has 4 rings (SSSR count). The number of piperazine rings is 1. The van der Waals surface area contributed by atoms with E-state index in [9.17, 15) is 4.79 Å². The number of anilines is 1. The first kappa shape index (κ1) is 16.9. The predicted octanol–water partition coefficient (Wildman–Crippen LogP) is 3.67. The summed E-state index contributed by atoms with van der Waals surface area (Å²) in [6, 6.07) is 16.5. The van der Waals surface area contributed by atoms with Gasteiger partial charge in [-0.15, -0.1) is 0 Å². The average molecular weight is 351 g/mol. The second kappa shape index (κ2) is 7.38. The van der Waals surface area contributed by atoms with E-state index in [1.54, 1.807) is 7.11 Å². The van der Waals surface area contributed by atoms with Crippen LogP contribution < -0.4 is 10.1 Å². The molecule has 0 radical (unpaired) electrons. The summed E-state index contributed by atoms with van der Waals surface area (Å²) in [5, 5.41) is 3.04. The lowest BCUT2D eigenvalue weighted by Gasteiger charge is -2.37. The van der Waals surface area contributed by atoms with Gasteiger partial charge in [-0.05, 0) is 54.8 Å². The third kappa shape index (κ3) is 3.53. The van der Waals surface area contributed by atoms with E-state index in [-0.39, 0.29) is 6.03 Å². The molecule has 5 heteroatoms. The Morgan fingerprint density at radius 3 is 2.73 bits per heavy atom. The lowest BCUT2D eigenvalue weighted by molar-refractivity contribution is 0.124.